The Labute approximate surface area is 147 Å². The molecule has 0 aromatic heterocycles. The van der Waals surface area contributed by atoms with Crippen molar-refractivity contribution in [2.75, 3.05) is 33.8 Å². The maximum atomic E-state index is 11.8. The molecule has 0 atom stereocenters. The summed E-state index contributed by atoms with van der Waals surface area (Å²) in [7, 11) is -4.34. The van der Waals surface area contributed by atoms with Crippen molar-refractivity contribution < 1.29 is 39.7 Å². The molecule has 0 aromatic rings. The van der Waals surface area contributed by atoms with Crippen LogP contribution in [0.4, 0.5) is 21.0 Å². The summed E-state index contributed by atoms with van der Waals surface area (Å²) in [4.78, 5) is 11.8. The number of esters is 1. The monoisotopic (exact) mass is 404 g/mol. The number of carbonyl (C=O) groups is 1. The van der Waals surface area contributed by atoms with Crippen molar-refractivity contribution >= 4 is 14.1 Å². The van der Waals surface area contributed by atoms with Crippen LogP contribution in [0, 0.1) is 5.41 Å². The summed E-state index contributed by atoms with van der Waals surface area (Å²) in [6.45, 7) is 10.7. The predicted molar refractivity (Wildman–Crippen MR) is 90.3 cm³/mol. The molecule has 0 saturated carbocycles. The molecular formula is C15H33F6NO2P-. The number of nitrogens with zero attached hydrogens (tertiary/aromatic N) is 1. The maximum absolute atomic E-state index is 11.8. The zero-order valence-electron chi connectivity index (χ0n) is 16.0. The van der Waals surface area contributed by atoms with Gasteiger partial charge in [-0.2, -0.15) is 0 Å². The van der Waals surface area contributed by atoms with Gasteiger partial charge in [-0.3, -0.25) is 4.79 Å². The summed E-state index contributed by atoms with van der Waals surface area (Å²) in [6.07, 6.45) is 4.60. The fraction of sp³-hybridized carbons (Fsp3) is 0.933. The molecule has 0 N–H and O–H groups in total. The Bertz CT molecular complexity index is 367. The molecule has 158 valence electrons. The first-order valence-electron chi connectivity index (χ1n) is 8.19. The van der Waals surface area contributed by atoms with E-state index < -0.39 is 8.16 Å². The van der Waals surface area contributed by atoms with E-state index >= 15 is 0 Å². The second-order valence-electron chi connectivity index (χ2n) is 7.18. The molecule has 0 heterocycles. The van der Waals surface area contributed by atoms with Crippen LogP contribution in [0.3, 0.4) is 0 Å². The molecule has 0 saturated heterocycles. The molecule has 0 aliphatic carbocycles. The molecule has 0 unspecified atom stereocenters. The van der Waals surface area contributed by atoms with Gasteiger partial charge >= 0.3 is 35.1 Å². The molecular weight excluding hydrogens is 371 g/mol. The molecule has 0 radical (unpaired) electrons. The van der Waals surface area contributed by atoms with Gasteiger partial charge in [-0.05, 0) is 33.1 Å². The maximum Gasteiger partial charge on any atom is -1.00 e. The van der Waals surface area contributed by atoms with Crippen LogP contribution < -0.4 is 4.70 Å². The summed E-state index contributed by atoms with van der Waals surface area (Å²) >= 11 is 0. The van der Waals surface area contributed by atoms with Gasteiger partial charge in [-0.15, -0.1) is 0 Å². The van der Waals surface area contributed by atoms with Crippen LogP contribution in [0.2, 0.25) is 0 Å². The second kappa shape index (κ2) is 11.2. The zero-order valence-corrected chi connectivity index (χ0v) is 17.0. The number of unbranched alkanes of at least 4 members (excludes halogenated alkanes) is 2. The molecule has 25 heavy (non-hydrogen) atoms. The Kier molecular flexibility index (Phi) is 13.1. The van der Waals surface area contributed by atoms with Crippen molar-refractivity contribution in [2.24, 2.45) is 5.41 Å². The van der Waals surface area contributed by atoms with Gasteiger partial charge in [0.1, 0.15) is 13.2 Å². The third kappa shape index (κ3) is 23.4. The van der Waals surface area contributed by atoms with Gasteiger partial charge in [0.25, 0.3) is 0 Å². The Balaban J connectivity index is -0.000000592. The van der Waals surface area contributed by atoms with Gasteiger partial charge in [-0.1, -0.05) is 20.3 Å². The van der Waals surface area contributed by atoms with E-state index in [9.17, 15) is 25.8 Å². The molecule has 10 heteroatoms. The molecule has 0 aromatic carbocycles. The number of ether oxygens (including phenoxy) is 1. The van der Waals surface area contributed by atoms with Crippen LogP contribution in [-0.4, -0.2) is 44.2 Å². The van der Waals surface area contributed by atoms with Crippen LogP contribution in [-0.2, 0) is 9.53 Å². The Morgan fingerprint density at radius 3 is 1.80 bits per heavy atom. The SMILES string of the molecule is CCCCC[N+](C)(C)CCOC(=O)C(C)(C)CC.F[PH-](F)(F)(F)F.[F-]. The smallest absolute Gasteiger partial charge is 1.00 e. The molecule has 0 aliphatic rings. The third-order valence-corrected chi connectivity index (χ3v) is 3.73. The van der Waals surface area contributed by atoms with E-state index in [1.54, 1.807) is 0 Å². The summed E-state index contributed by atoms with van der Waals surface area (Å²) in [5, 5.41) is 0. The minimum Gasteiger partial charge on any atom is -1.00 e. The first-order valence-corrected chi connectivity index (χ1v) is 10.1. The molecule has 0 fully saturated rings. The number of hydrogen-bond donors (Lipinski definition) is 0. The van der Waals surface area contributed by atoms with Crippen LogP contribution in [0.5, 0.6) is 0 Å². The van der Waals surface area contributed by atoms with Crippen molar-refractivity contribution in [1.29, 1.82) is 0 Å². The van der Waals surface area contributed by atoms with Crippen LogP contribution in [0.25, 0.3) is 0 Å². The number of carbonyl (C=O) groups excluding carboxylic acids is 1. The molecule has 0 amide bonds. The Hall–Kier alpha value is -0.560. The average molecular weight is 404 g/mol. The van der Waals surface area contributed by atoms with E-state index in [-0.39, 0.29) is 16.1 Å². The number of likely N-dealkylation sites (N-methyl/N-ethyl adjacent to an activating group) is 1. The van der Waals surface area contributed by atoms with Crippen molar-refractivity contribution in [3.05, 3.63) is 0 Å². The normalized spacial score (nSPS) is 13.6. The summed E-state index contributed by atoms with van der Waals surface area (Å²) < 4.78 is 55.6. The van der Waals surface area contributed by atoms with E-state index in [1.165, 1.54) is 19.3 Å². The summed E-state index contributed by atoms with van der Waals surface area (Å²) in [6, 6.07) is 0. The third-order valence-electron chi connectivity index (χ3n) is 3.73. The minimum absolute atomic E-state index is 0. The van der Waals surface area contributed by atoms with Crippen molar-refractivity contribution in [2.45, 2.75) is 53.4 Å². The largest absolute Gasteiger partial charge is 1.00 e. The van der Waals surface area contributed by atoms with Gasteiger partial charge in [0, 0.05) is 0 Å². The first kappa shape index (κ1) is 29.2. The quantitative estimate of drug-likeness (QED) is 0.194. The fourth-order valence-corrected chi connectivity index (χ4v) is 1.63. The van der Waals surface area contributed by atoms with Crippen molar-refractivity contribution in [1.82, 2.24) is 0 Å². The predicted octanol–water partition coefficient (Wildman–Crippen LogP) is 2.93. The number of quaternary nitrogens is 1. The van der Waals surface area contributed by atoms with Gasteiger partial charge in [0.15, 0.2) is 0 Å². The number of halogens is 6. The first-order chi connectivity index (χ1) is 10.5. The topological polar surface area (TPSA) is 26.3 Å². The standard InChI is InChI=1S/C15H32NO2.F5HP.FH/c1-7-9-10-11-16(5,6)12-13-18-14(17)15(3,4)8-2;1-6(2,3,4)5;/h7-13H2,1-6H3;6H;1H/q+1;-1;/p-1. The van der Waals surface area contributed by atoms with E-state index in [0.29, 0.717) is 6.61 Å². The van der Waals surface area contributed by atoms with Crippen molar-refractivity contribution in [3.8, 4) is 0 Å². The minimum atomic E-state index is -8.75. The number of rotatable bonds is 9. The average Bonchev–Trinajstić information content (AvgIpc) is 2.35. The molecule has 0 rings (SSSR count). The van der Waals surface area contributed by atoms with Crippen molar-refractivity contribution in [3.63, 3.8) is 0 Å². The molecule has 0 aliphatic heterocycles. The Morgan fingerprint density at radius 2 is 1.44 bits per heavy atom. The summed E-state index contributed by atoms with van der Waals surface area (Å²) in [5.41, 5.74) is -0.348. The van der Waals surface area contributed by atoms with Gasteiger partial charge in [0.05, 0.1) is 26.1 Å². The van der Waals surface area contributed by atoms with E-state index in [4.69, 9.17) is 4.74 Å². The number of hydrogen-bond acceptors (Lipinski definition) is 2. The van der Waals surface area contributed by atoms with Crippen LogP contribution in [0.15, 0.2) is 0 Å². The molecule has 3 nitrogen and oxygen atoms in total. The van der Waals surface area contributed by atoms with Crippen LogP contribution in [0.1, 0.15) is 53.4 Å². The van der Waals surface area contributed by atoms with Gasteiger partial charge in [0.2, 0.25) is 0 Å². The molecule has 0 spiro atoms. The molecule has 0 bridgehead atoms. The summed E-state index contributed by atoms with van der Waals surface area (Å²) in [5.74, 6) is -0.0708. The van der Waals surface area contributed by atoms with E-state index in [1.807, 2.05) is 20.8 Å². The van der Waals surface area contributed by atoms with Crippen LogP contribution >= 0.6 is 8.16 Å². The van der Waals surface area contributed by atoms with Gasteiger partial charge in [-0.25, -0.2) is 0 Å². The van der Waals surface area contributed by atoms with E-state index in [2.05, 4.69) is 21.0 Å². The van der Waals surface area contributed by atoms with E-state index in [0.717, 1.165) is 24.0 Å². The fourth-order valence-electron chi connectivity index (χ4n) is 1.63. The Morgan fingerprint density at radius 1 is 1.00 bits per heavy atom. The zero-order chi connectivity index (χ0) is 19.7. The van der Waals surface area contributed by atoms with Gasteiger partial charge < -0.3 is 13.9 Å². The second-order valence-corrected chi connectivity index (χ2v) is 8.61.